The van der Waals surface area contributed by atoms with E-state index in [1.165, 1.54) is 0 Å². The molecular formula is C20H24N6O2. The van der Waals surface area contributed by atoms with Crippen molar-refractivity contribution in [2.75, 3.05) is 40.3 Å². The van der Waals surface area contributed by atoms with Crippen molar-refractivity contribution in [1.29, 1.82) is 0 Å². The van der Waals surface area contributed by atoms with Crippen LogP contribution in [0.1, 0.15) is 21.9 Å². The number of nitrogens with zero attached hydrogens (tertiary/aromatic N) is 6. The zero-order valence-electron chi connectivity index (χ0n) is 16.4. The Morgan fingerprint density at radius 2 is 1.82 bits per heavy atom. The van der Waals surface area contributed by atoms with Gasteiger partial charge in [0.25, 0.3) is 5.91 Å². The van der Waals surface area contributed by atoms with Crippen molar-refractivity contribution in [3.63, 3.8) is 0 Å². The van der Waals surface area contributed by atoms with Gasteiger partial charge in [-0.2, -0.15) is 5.10 Å². The smallest absolute Gasteiger partial charge is 0.276 e. The first-order chi connectivity index (χ1) is 13.6. The molecule has 8 nitrogen and oxygen atoms in total. The summed E-state index contributed by atoms with van der Waals surface area (Å²) in [6.45, 7) is 5.32. The molecule has 28 heavy (non-hydrogen) atoms. The molecule has 1 aliphatic heterocycles. The fraction of sp³-hybridized carbons (Fsp3) is 0.400. The molecule has 2 aromatic heterocycles. The summed E-state index contributed by atoms with van der Waals surface area (Å²) >= 11 is 0. The number of ether oxygens (including phenoxy) is 1. The second-order valence-corrected chi connectivity index (χ2v) is 7.09. The minimum atomic E-state index is -0.0925. The third kappa shape index (κ3) is 3.25. The van der Waals surface area contributed by atoms with E-state index in [2.05, 4.69) is 27.2 Å². The van der Waals surface area contributed by atoms with Crippen LogP contribution in [0, 0.1) is 6.92 Å². The van der Waals surface area contributed by atoms with Crippen LogP contribution in [0.2, 0.25) is 0 Å². The Kier molecular flexibility index (Phi) is 5.06. The molecular weight excluding hydrogens is 356 g/mol. The largest absolute Gasteiger partial charge is 0.378 e. The number of fused-ring (bicyclic) bond motifs is 1. The van der Waals surface area contributed by atoms with E-state index in [1.807, 2.05) is 42.2 Å². The Labute approximate surface area is 163 Å². The lowest BCUT2D eigenvalue weighted by Crippen LogP contribution is -2.47. The molecule has 1 saturated heterocycles. The van der Waals surface area contributed by atoms with Gasteiger partial charge < -0.3 is 14.5 Å². The summed E-state index contributed by atoms with van der Waals surface area (Å²) < 4.78 is 7.05. The number of hydrogen-bond acceptors (Lipinski definition) is 6. The van der Waals surface area contributed by atoms with E-state index in [9.17, 15) is 4.79 Å². The Hall–Kier alpha value is -2.84. The van der Waals surface area contributed by atoms with Crippen molar-refractivity contribution in [3.05, 3.63) is 47.4 Å². The van der Waals surface area contributed by atoms with Gasteiger partial charge in [-0.1, -0.05) is 30.3 Å². The van der Waals surface area contributed by atoms with Gasteiger partial charge in [0.15, 0.2) is 11.3 Å². The van der Waals surface area contributed by atoms with Crippen molar-refractivity contribution in [3.8, 4) is 11.1 Å². The maximum atomic E-state index is 13.0. The lowest BCUT2D eigenvalue weighted by molar-refractivity contribution is 0.0655. The van der Waals surface area contributed by atoms with Gasteiger partial charge in [0, 0.05) is 33.3 Å². The van der Waals surface area contributed by atoms with Gasteiger partial charge in [0.05, 0.1) is 23.6 Å². The Balaban J connectivity index is 1.78. The summed E-state index contributed by atoms with van der Waals surface area (Å²) in [5.74, 6) is -0.0925. The van der Waals surface area contributed by atoms with Crippen molar-refractivity contribution in [2.24, 2.45) is 0 Å². The van der Waals surface area contributed by atoms with Crippen LogP contribution in [0.5, 0.6) is 0 Å². The van der Waals surface area contributed by atoms with Crippen molar-refractivity contribution >= 4 is 11.6 Å². The number of piperazine rings is 1. The Bertz CT molecular complexity index is 993. The van der Waals surface area contributed by atoms with Crippen molar-refractivity contribution in [1.82, 2.24) is 29.6 Å². The maximum Gasteiger partial charge on any atom is 0.276 e. The average Bonchev–Trinajstić information content (AvgIpc) is 3.08. The molecule has 8 heteroatoms. The minimum absolute atomic E-state index is 0.0925. The predicted octanol–water partition coefficient (Wildman–Crippen LogP) is 1.63. The number of amides is 1. The number of likely N-dealkylation sites (N-methyl/N-ethyl adjacent to an activating group) is 1. The number of methoxy groups -OCH3 is 1. The number of carbonyl (C=O) groups is 1. The van der Waals surface area contributed by atoms with Gasteiger partial charge >= 0.3 is 0 Å². The molecule has 1 amide bonds. The summed E-state index contributed by atoms with van der Waals surface area (Å²) in [6.07, 6.45) is 0. The molecule has 0 N–H and O–H groups in total. The normalized spacial score (nSPS) is 15.3. The van der Waals surface area contributed by atoms with Gasteiger partial charge in [-0.3, -0.25) is 4.79 Å². The fourth-order valence-electron chi connectivity index (χ4n) is 3.54. The lowest BCUT2D eigenvalue weighted by Gasteiger charge is -2.32. The highest BCUT2D eigenvalue weighted by molar-refractivity contribution is 5.93. The van der Waals surface area contributed by atoms with Gasteiger partial charge in [0.2, 0.25) is 0 Å². The van der Waals surface area contributed by atoms with Crippen LogP contribution in [0.15, 0.2) is 30.3 Å². The summed E-state index contributed by atoms with van der Waals surface area (Å²) in [5, 5.41) is 13.4. The molecule has 0 aliphatic carbocycles. The van der Waals surface area contributed by atoms with Gasteiger partial charge in [-0.15, -0.1) is 10.2 Å². The van der Waals surface area contributed by atoms with Crippen LogP contribution in [-0.4, -0.2) is 75.9 Å². The van der Waals surface area contributed by atoms with Crippen molar-refractivity contribution < 1.29 is 9.53 Å². The predicted molar refractivity (Wildman–Crippen MR) is 105 cm³/mol. The van der Waals surface area contributed by atoms with Gasteiger partial charge in [0.1, 0.15) is 0 Å². The minimum Gasteiger partial charge on any atom is -0.378 e. The van der Waals surface area contributed by atoms with Crippen LogP contribution >= 0.6 is 0 Å². The van der Waals surface area contributed by atoms with Crippen molar-refractivity contribution in [2.45, 2.75) is 13.5 Å². The molecule has 0 atom stereocenters. The van der Waals surface area contributed by atoms with Crippen LogP contribution in [-0.2, 0) is 11.3 Å². The standard InChI is InChI=1S/C20H24N6O2/c1-14-18(20(27)25-11-9-24(2)10-12-25)21-22-19-17(15-7-5-4-6-8-15)16(13-28-3)23-26(14)19/h4-8H,9-13H2,1-3H3. The number of rotatable bonds is 4. The summed E-state index contributed by atoms with van der Waals surface area (Å²) in [4.78, 5) is 17.0. The van der Waals surface area contributed by atoms with Gasteiger partial charge in [-0.05, 0) is 19.5 Å². The van der Waals surface area contributed by atoms with Crippen LogP contribution < -0.4 is 0 Å². The molecule has 1 fully saturated rings. The number of aromatic nitrogens is 4. The van der Waals surface area contributed by atoms with E-state index < -0.39 is 0 Å². The van der Waals surface area contributed by atoms with Crippen LogP contribution in [0.25, 0.3) is 16.8 Å². The average molecular weight is 380 g/mol. The molecule has 3 aromatic rings. The molecule has 0 saturated carbocycles. The third-order valence-electron chi connectivity index (χ3n) is 5.18. The molecule has 1 aliphatic rings. The lowest BCUT2D eigenvalue weighted by atomic mass is 10.1. The maximum absolute atomic E-state index is 13.0. The second kappa shape index (κ2) is 7.65. The third-order valence-corrected chi connectivity index (χ3v) is 5.18. The molecule has 146 valence electrons. The highest BCUT2D eigenvalue weighted by Crippen LogP contribution is 2.28. The Morgan fingerprint density at radius 3 is 2.50 bits per heavy atom. The highest BCUT2D eigenvalue weighted by Gasteiger charge is 2.26. The second-order valence-electron chi connectivity index (χ2n) is 7.09. The summed E-state index contributed by atoms with van der Waals surface area (Å²) in [6, 6.07) is 9.93. The summed E-state index contributed by atoms with van der Waals surface area (Å²) in [7, 11) is 3.70. The van der Waals surface area contributed by atoms with E-state index in [4.69, 9.17) is 4.74 Å². The molecule has 1 aromatic carbocycles. The number of carbonyl (C=O) groups excluding carboxylic acids is 1. The molecule has 0 spiro atoms. The van der Waals surface area contributed by atoms with E-state index in [1.54, 1.807) is 11.6 Å². The zero-order valence-corrected chi connectivity index (χ0v) is 16.4. The zero-order chi connectivity index (χ0) is 19.7. The molecule has 4 rings (SSSR count). The molecule has 0 radical (unpaired) electrons. The van der Waals surface area contributed by atoms with Crippen LogP contribution in [0.3, 0.4) is 0 Å². The van der Waals surface area contributed by atoms with E-state index in [0.29, 0.717) is 36.7 Å². The fourth-order valence-corrected chi connectivity index (χ4v) is 3.54. The quantitative estimate of drug-likeness (QED) is 0.685. The van der Waals surface area contributed by atoms with Crippen LogP contribution in [0.4, 0.5) is 0 Å². The van der Waals surface area contributed by atoms with E-state index in [-0.39, 0.29) is 5.91 Å². The Morgan fingerprint density at radius 1 is 1.11 bits per heavy atom. The first-order valence-electron chi connectivity index (χ1n) is 9.37. The number of aryl methyl sites for hydroxylation is 1. The first kappa shape index (κ1) is 18.5. The first-order valence-corrected chi connectivity index (χ1v) is 9.37. The van der Waals surface area contributed by atoms with Gasteiger partial charge in [-0.25, -0.2) is 4.52 Å². The monoisotopic (exact) mass is 380 g/mol. The number of benzene rings is 1. The van der Waals surface area contributed by atoms with E-state index in [0.717, 1.165) is 29.9 Å². The van der Waals surface area contributed by atoms with E-state index >= 15 is 0 Å². The number of hydrogen-bond donors (Lipinski definition) is 0. The highest BCUT2D eigenvalue weighted by atomic mass is 16.5. The molecule has 3 heterocycles. The molecule has 0 unspecified atom stereocenters. The SMILES string of the molecule is COCc1nn2c(C)c(C(=O)N3CCN(C)CC3)nnc2c1-c1ccccc1. The summed E-state index contributed by atoms with van der Waals surface area (Å²) in [5.41, 5.74) is 4.32. The molecule has 0 bridgehead atoms. The topological polar surface area (TPSA) is 75.9 Å².